The van der Waals surface area contributed by atoms with E-state index in [0.717, 1.165) is 11.3 Å². The zero-order valence-electron chi connectivity index (χ0n) is 14.5. The van der Waals surface area contributed by atoms with Gasteiger partial charge in [0.2, 0.25) is 0 Å². The summed E-state index contributed by atoms with van der Waals surface area (Å²) in [5.41, 5.74) is 1.31. The number of rotatable bonds is 5. The van der Waals surface area contributed by atoms with Crippen LogP contribution in [0.5, 0.6) is 17.2 Å². The van der Waals surface area contributed by atoms with Crippen LogP contribution in [0.3, 0.4) is 0 Å². The number of amides is 1. The molecule has 2 aromatic carbocycles. The topological polar surface area (TPSA) is 73.9 Å². The summed E-state index contributed by atoms with van der Waals surface area (Å²) in [5.74, 6) is 0.830. The first kappa shape index (κ1) is 17.5. The molecule has 2 aromatic rings. The molecule has 134 valence electrons. The van der Waals surface area contributed by atoms with Crippen molar-refractivity contribution in [1.82, 2.24) is 0 Å². The van der Waals surface area contributed by atoms with Gasteiger partial charge in [0.1, 0.15) is 17.2 Å². The Morgan fingerprint density at radius 2 is 2.04 bits per heavy atom. The summed E-state index contributed by atoms with van der Waals surface area (Å²) in [6.45, 7) is 3.88. The first-order chi connectivity index (χ1) is 12.5. The number of carbonyl (C=O) groups is 2. The molecule has 0 aromatic heterocycles. The predicted molar refractivity (Wildman–Crippen MR) is 97.4 cm³/mol. The summed E-state index contributed by atoms with van der Waals surface area (Å²) in [4.78, 5) is 23.4. The lowest BCUT2D eigenvalue weighted by Gasteiger charge is -2.18. The monoisotopic (exact) mass is 353 g/mol. The van der Waals surface area contributed by atoms with Gasteiger partial charge in [-0.25, -0.2) is 4.79 Å². The van der Waals surface area contributed by atoms with E-state index in [1.54, 1.807) is 24.3 Å². The van der Waals surface area contributed by atoms with Crippen molar-refractivity contribution in [2.45, 2.75) is 20.0 Å². The molecule has 0 spiro atoms. The van der Waals surface area contributed by atoms with Crippen LogP contribution < -0.4 is 19.5 Å². The zero-order chi connectivity index (χ0) is 18.5. The third-order valence-electron chi connectivity index (χ3n) is 3.44. The maximum absolute atomic E-state index is 12.0. The van der Waals surface area contributed by atoms with E-state index in [0.29, 0.717) is 17.2 Å². The largest absolute Gasteiger partial charge is 0.491 e. The smallest absolute Gasteiger partial charge is 0.336 e. The van der Waals surface area contributed by atoms with Crippen LogP contribution in [0.15, 0.2) is 48.5 Å². The van der Waals surface area contributed by atoms with Gasteiger partial charge >= 0.3 is 5.97 Å². The molecular formula is C20H19NO5. The Labute approximate surface area is 151 Å². The second kappa shape index (κ2) is 7.74. The minimum atomic E-state index is -0.525. The molecule has 1 aliphatic rings. The Balaban J connectivity index is 1.65. The van der Waals surface area contributed by atoms with Crippen molar-refractivity contribution in [3.8, 4) is 17.2 Å². The number of esters is 1. The molecule has 0 aliphatic carbocycles. The summed E-state index contributed by atoms with van der Waals surface area (Å²) < 4.78 is 16.2. The van der Waals surface area contributed by atoms with Gasteiger partial charge in [-0.05, 0) is 49.8 Å². The maximum atomic E-state index is 12.0. The van der Waals surface area contributed by atoms with Crippen molar-refractivity contribution < 1.29 is 23.8 Å². The third-order valence-corrected chi connectivity index (χ3v) is 3.44. The summed E-state index contributed by atoms with van der Waals surface area (Å²) in [6.07, 6.45) is 3.06. The lowest BCUT2D eigenvalue weighted by molar-refractivity contribution is -0.128. The van der Waals surface area contributed by atoms with Gasteiger partial charge in [-0.1, -0.05) is 12.1 Å². The van der Waals surface area contributed by atoms with E-state index in [4.69, 9.17) is 14.2 Å². The Morgan fingerprint density at radius 1 is 1.19 bits per heavy atom. The Bertz CT molecular complexity index is 857. The van der Waals surface area contributed by atoms with Gasteiger partial charge in [-0.15, -0.1) is 0 Å². The van der Waals surface area contributed by atoms with Crippen LogP contribution in [0, 0.1) is 0 Å². The first-order valence-corrected chi connectivity index (χ1v) is 8.23. The standard InChI is InChI=1S/C20H19NO5/c1-13(2)25-15-5-3-4-14(10-15)6-9-20(23)26-16-7-8-18-17(11-16)21-19(22)12-24-18/h3-11,13H,12H2,1-2H3,(H,21,22)/b9-6+. The molecule has 1 heterocycles. The molecule has 26 heavy (non-hydrogen) atoms. The summed E-state index contributed by atoms with van der Waals surface area (Å²) >= 11 is 0. The van der Waals surface area contributed by atoms with E-state index in [2.05, 4.69) is 5.32 Å². The highest BCUT2D eigenvalue weighted by molar-refractivity contribution is 5.96. The molecule has 0 atom stereocenters. The zero-order valence-corrected chi connectivity index (χ0v) is 14.5. The quantitative estimate of drug-likeness (QED) is 0.506. The van der Waals surface area contributed by atoms with E-state index in [1.807, 2.05) is 38.1 Å². The maximum Gasteiger partial charge on any atom is 0.336 e. The summed E-state index contributed by atoms with van der Waals surface area (Å²) in [5, 5.41) is 2.67. The van der Waals surface area contributed by atoms with E-state index in [9.17, 15) is 9.59 Å². The fraction of sp³-hybridized carbons (Fsp3) is 0.200. The molecule has 0 bridgehead atoms. The molecule has 1 aliphatic heterocycles. The second-order valence-electron chi connectivity index (χ2n) is 5.99. The third kappa shape index (κ3) is 4.63. The first-order valence-electron chi connectivity index (χ1n) is 8.23. The predicted octanol–water partition coefficient (Wildman–Crippen LogP) is 3.42. The fourth-order valence-electron chi connectivity index (χ4n) is 2.40. The molecule has 1 N–H and O–H groups in total. The Hall–Kier alpha value is -3.28. The van der Waals surface area contributed by atoms with Gasteiger partial charge in [0, 0.05) is 12.1 Å². The highest BCUT2D eigenvalue weighted by atomic mass is 16.5. The molecule has 3 rings (SSSR count). The van der Waals surface area contributed by atoms with E-state index in [1.165, 1.54) is 6.08 Å². The van der Waals surface area contributed by atoms with Crippen molar-refractivity contribution in [3.05, 3.63) is 54.1 Å². The average molecular weight is 353 g/mol. The van der Waals surface area contributed by atoms with Gasteiger partial charge in [0.05, 0.1) is 11.8 Å². The molecule has 0 unspecified atom stereocenters. The molecule has 0 radical (unpaired) electrons. The number of carbonyl (C=O) groups excluding carboxylic acids is 2. The van der Waals surface area contributed by atoms with Crippen molar-refractivity contribution in [1.29, 1.82) is 0 Å². The van der Waals surface area contributed by atoms with Gasteiger partial charge in [-0.3, -0.25) is 4.79 Å². The van der Waals surface area contributed by atoms with Crippen LogP contribution in [0.2, 0.25) is 0 Å². The van der Waals surface area contributed by atoms with Crippen molar-refractivity contribution in [2.75, 3.05) is 11.9 Å². The minimum Gasteiger partial charge on any atom is -0.491 e. The van der Waals surface area contributed by atoms with Crippen molar-refractivity contribution >= 4 is 23.6 Å². The van der Waals surface area contributed by atoms with Crippen LogP contribution in [0.4, 0.5) is 5.69 Å². The molecule has 6 heteroatoms. The highest BCUT2D eigenvalue weighted by Crippen LogP contribution is 2.31. The minimum absolute atomic E-state index is 0.0194. The number of anilines is 1. The summed E-state index contributed by atoms with van der Waals surface area (Å²) in [7, 11) is 0. The molecular weight excluding hydrogens is 334 g/mol. The number of hydrogen-bond acceptors (Lipinski definition) is 5. The number of benzene rings is 2. The lowest BCUT2D eigenvalue weighted by atomic mass is 10.2. The number of ether oxygens (including phenoxy) is 3. The van der Waals surface area contributed by atoms with Crippen molar-refractivity contribution in [3.63, 3.8) is 0 Å². The van der Waals surface area contributed by atoms with Gasteiger partial charge in [-0.2, -0.15) is 0 Å². The molecule has 0 fully saturated rings. The van der Waals surface area contributed by atoms with Crippen LogP contribution in [0.1, 0.15) is 19.4 Å². The Kier molecular flexibility index (Phi) is 5.22. The molecule has 0 saturated heterocycles. The summed E-state index contributed by atoms with van der Waals surface area (Å²) in [6, 6.07) is 12.2. The average Bonchev–Trinajstić information content (AvgIpc) is 2.59. The van der Waals surface area contributed by atoms with Crippen LogP contribution in [-0.4, -0.2) is 24.6 Å². The fourth-order valence-corrected chi connectivity index (χ4v) is 2.40. The van der Waals surface area contributed by atoms with Crippen molar-refractivity contribution in [2.24, 2.45) is 0 Å². The van der Waals surface area contributed by atoms with Crippen LogP contribution >= 0.6 is 0 Å². The highest BCUT2D eigenvalue weighted by Gasteiger charge is 2.16. The van der Waals surface area contributed by atoms with Gasteiger partial charge < -0.3 is 19.5 Å². The van der Waals surface area contributed by atoms with E-state index < -0.39 is 5.97 Å². The number of nitrogens with one attached hydrogen (secondary N) is 1. The molecule has 1 amide bonds. The lowest BCUT2D eigenvalue weighted by Crippen LogP contribution is -2.25. The van der Waals surface area contributed by atoms with Gasteiger partial charge in [0.25, 0.3) is 5.91 Å². The Morgan fingerprint density at radius 3 is 2.85 bits per heavy atom. The van der Waals surface area contributed by atoms with E-state index in [-0.39, 0.29) is 18.6 Å². The number of hydrogen-bond donors (Lipinski definition) is 1. The normalized spacial score (nSPS) is 13.1. The second-order valence-corrected chi connectivity index (χ2v) is 5.99. The number of fused-ring (bicyclic) bond motifs is 1. The SMILES string of the molecule is CC(C)Oc1cccc(/C=C/C(=O)Oc2ccc3c(c2)NC(=O)CO3)c1. The van der Waals surface area contributed by atoms with Crippen LogP contribution in [-0.2, 0) is 9.59 Å². The molecule has 6 nitrogen and oxygen atoms in total. The molecule has 0 saturated carbocycles. The van der Waals surface area contributed by atoms with Crippen LogP contribution in [0.25, 0.3) is 6.08 Å². The van der Waals surface area contributed by atoms with Gasteiger partial charge in [0.15, 0.2) is 6.61 Å². The van der Waals surface area contributed by atoms with E-state index >= 15 is 0 Å².